The van der Waals surface area contributed by atoms with Crippen LogP contribution in [0.25, 0.3) is 11.2 Å². The third-order valence-electron chi connectivity index (χ3n) is 3.21. The molecule has 5 nitrogen and oxygen atoms in total. The number of thioether (sulfide) groups is 1. The van der Waals surface area contributed by atoms with Crippen LogP contribution in [0.15, 0.2) is 17.4 Å². The Balaban J connectivity index is 2.39. The maximum Gasteiger partial charge on any atom is 0.313 e. The summed E-state index contributed by atoms with van der Waals surface area (Å²) < 4.78 is 2.04. The minimum absolute atomic E-state index is 0.0118. The van der Waals surface area contributed by atoms with Crippen molar-refractivity contribution in [2.24, 2.45) is 5.41 Å². The summed E-state index contributed by atoms with van der Waals surface area (Å²) in [5.74, 6) is -0.822. The lowest BCUT2D eigenvalue weighted by atomic mass is 9.92. The highest BCUT2D eigenvalue weighted by Gasteiger charge is 2.17. The van der Waals surface area contributed by atoms with E-state index in [2.05, 4.69) is 30.7 Å². The zero-order chi connectivity index (χ0) is 15.6. The van der Waals surface area contributed by atoms with Crippen LogP contribution in [-0.4, -0.2) is 31.4 Å². The molecule has 0 atom stereocenters. The zero-order valence-electron chi connectivity index (χ0n) is 12.9. The molecule has 0 unspecified atom stereocenters. The molecular formula is C15H21N3O2S. The summed E-state index contributed by atoms with van der Waals surface area (Å²) in [6.45, 7) is 9.35. The van der Waals surface area contributed by atoms with Gasteiger partial charge in [0.2, 0.25) is 0 Å². The Kier molecular flexibility index (Phi) is 4.56. The van der Waals surface area contributed by atoms with Crippen LogP contribution < -0.4 is 0 Å². The molecule has 114 valence electrons. The first-order valence-corrected chi connectivity index (χ1v) is 7.93. The van der Waals surface area contributed by atoms with E-state index in [1.165, 1.54) is 11.8 Å². The highest BCUT2D eigenvalue weighted by molar-refractivity contribution is 7.99. The van der Waals surface area contributed by atoms with Crippen LogP contribution in [0.2, 0.25) is 0 Å². The maximum atomic E-state index is 10.8. The lowest BCUT2D eigenvalue weighted by Crippen LogP contribution is -2.12. The van der Waals surface area contributed by atoms with Crippen LogP contribution in [0.1, 0.15) is 32.8 Å². The molecule has 0 aliphatic heterocycles. The molecule has 21 heavy (non-hydrogen) atoms. The Morgan fingerprint density at radius 3 is 2.76 bits per heavy atom. The molecule has 0 radical (unpaired) electrons. The molecule has 2 aromatic rings. The molecule has 2 rings (SSSR count). The summed E-state index contributed by atoms with van der Waals surface area (Å²) in [5.41, 5.74) is 2.97. The quantitative estimate of drug-likeness (QED) is 0.858. The number of hydrogen-bond donors (Lipinski definition) is 1. The molecule has 0 amide bonds. The molecule has 2 aromatic heterocycles. The van der Waals surface area contributed by atoms with E-state index in [4.69, 9.17) is 5.11 Å². The summed E-state index contributed by atoms with van der Waals surface area (Å²) in [7, 11) is 0. The first-order chi connectivity index (χ1) is 9.78. The van der Waals surface area contributed by atoms with Gasteiger partial charge in [0.1, 0.15) is 5.52 Å². The Labute approximate surface area is 128 Å². The molecule has 1 N–H and O–H groups in total. The van der Waals surface area contributed by atoms with Crippen molar-refractivity contribution in [3.05, 3.63) is 17.8 Å². The highest BCUT2D eigenvalue weighted by Crippen LogP contribution is 2.27. The van der Waals surface area contributed by atoms with Gasteiger partial charge in [0, 0.05) is 12.7 Å². The standard InChI is InChI=1S/C15H21N3O2S/c1-10-5-7-16-13-12(10)17-14(21-9-11(19)20)18(13)8-6-15(2,3)4/h5,7H,6,8-9H2,1-4H3,(H,19,20). The fourth-order valence-electron chi connectivity index (χ4n) is 2.00. The van der Waals surface area contributed by atoms with E-state index in [9.17, 15) is 4.79 Å². The average molecular weight is 307 g/mol. The lowest BCUT2D eigenvalue weighted by molar-refractivity contribution is -0.133. The summed E-state index contributed by atoms with van der Waals surface area (Å²) in [6.07, 6.45) is 2.76. The molecule has 0 bridgehead atoms. The number of fused-ring (bicyclic) bond motifs is 1. The number of imidazole rings is 1. The van der Waals surface area contributed by atoms with Crippen LogP contribution in [0.4, 0.5) is 0 Å². The van der Waals surface area contributed by atoms with Gasteiger partial charge >= 0.3 is 5.97 Å². The molecule has 0 fully saturated rings. The van der Waals surface area contributed by atoms with E-state index in [0.717, 1.165) is 34.8 Å². The van der Waals surface area contributed by atoms with Crippen LogP contribution in [0, 0.1) is 12.3 Å². The number of nitrogens with zero attached hydrogens (tertiary/aromatic N) is 3. The number of rotatable bonds is 5. The average Bonchev–Trinajstić information content (AvgIpc) is 2.72. The minimum Gasteiger partial charge on any atom is -0.481 e. The lowest BCUT2D eigenvalue weighted by Gasteiger charge is -2.19. The van der Waals surface area contributed by atoms with E-state index >= 15 is 0 Å². The number of carbonyl (C=O) groups is 1. The van der Waals surface area contributed by atoms with E-state index in [1.54, 1.807) is 6.20 Å². The van der Waals surface area contributed by atoms with Crippen molar-refractivity contribution in [1.82, 2.24) is 14.5 Å². The van der Waals surface area contributed by atoms with Gasteiger partial charge in [0.25, 0.3) is 0 Å². The van der Waals surface area contributed by atoms with Crippen molar-refractivity contribution in [1.29, 1.82) is 0 Å². The summed E-state index contributed by atoms with van der Waals surface area (Å²) in [5, 5.41) is 9.62. The molecule has 2 heterocycles. The molecule has 0 saturated heterocycles. The normalized spacial score (nSPS) is 12.0. The van der Waals surface area contributed by atoms with Gasteiger partial charge in [-0.25, -0.2) is 9.97 Å². The van der Waals surface area contributed by atoms with E-state index in [0.29, 0.717) is 0 Å². The monoisotopic (exact) mass is 307 g/mol. The third-order valence-corrected chi connectivity index (χ3v) is 4.17. The Bertz CT molecular complexity index is 659. The first-order valence-electron chi connectivity index (χ1n) is 6.94. The first kappa shape index (κ1) is 15.8. The summed E-state index contributed by atoms with van der Waals surface area (Å²) in [4.78, 5) is 19.8. The van der Waals surface area contributed by atoms with Gasteiger partial charge in [-0.2, -0.15) is 0 Å². The van der Waals surface area contributed by atoms with Gasteiger partial charge in [-0.15, -0.1) is 0 Å². The topological polar surface area (TPSA) is 68.0 Å². The summed E-state index contributed by atoms with van der Waals surface area (Å²) in [6, 6.07) is 1.93. The molecule has 0 aliphatic carbocycles. The number of aryl methyl sites for hydroxylation is 2. The van der Waals surface area contributed by atoms with Gasteiger partial charge in [-0.3, -0.25) is 4.79 Å². The Morgan fingerprint density at radius 1 is 1.43 bits per heavy atom. The SMILES string of the molecule is Cc1ccnc2c1nc(SCC(=O)O)n2CCC(C)(C)C. The van der Waals surface area contributed by atoms with Crippen molar-refractivity contribution in [2.45, 2.75) is 45.8 Å². The van der Waals surface area contributed by atoms with Crippen molar-refractivity contribution in [2.75, 3.05) is 5.75 Å². The molecule has 0 aromatic carbocycles. The van der Waals surface area contributed by atoms with Gasteiger partial charge in [-0.1, -0.05) is 32.5 Å². The molecule has 0 saturated carbocycles. The smallest absolute Gasteiger partial charge is 0.313 e. The predicted molar refractivity (Wildman–Crippen MR) is 84.7 cm³/mol. The molecular weight excluding hydrogens is 286 g/mol. The second-order valence-electron chi connectivity index (χ2n) is 6.34. The van der Waals surface area contributed by atoms with Crippen LogP contribution in [-0.2, 0) is 11.3 Å². The van der Waals surface area contributed by atoms with Crippen molar-refractivity contribution in [3.8, 4) is 0 Å². The van der Waals surface area contributed by atoms with Crippen molar-refractivity contribution >= 4 is 28.9 Å². The maximum absolute atomic E-state index is 10.8. The van der Waals surface area contributed by atoms with Crippen LogP contribution in [0.3, 0.4) is 0 Å². The number of aromatic nitrogens is 3. The van der Waals surface area contributed by atoms with Crippen LogP contribution >= 0.6 is 11.8 Å². The number of aliphatic carboxylic acids is 1. The third kappa shape index (κ3) is 3.97. The second kappa shape index (κ2) is 6.05. The van der Waals surface area contributed by atoms with Crippen molar-refractivity contribution < 1.29 is 9.90 Å². The van der Waals surface area contributed by atoms with Crippen LogP contribution in [0.5, 0.6) is 0 Å². The Morgan fingerprint density at radius 2 is 2.14 bits per heavy atom. The van der Waals surface area contributed by atoms with E-state index in [1.807, 2.05) is 17.6 Å². The van der Waals surface area contributed by atoms with E-state index in [-0.39, 0.29) is 11.2 Å². The zero-order valence-corrected chi connectivity index (χ0v) is 13.7. The van der Waals surface area contributed by atoms with Crippen molar-refractivity contribution in [3.63, 3.8) is 0 Å². The second-order valence-corrected chi connectivity index (χ2v) is 7.28. The number of pyridine rings is 1. The molecule has 0 spiro atoms. The summed E-state index contributed by atoms with van der Waals surface area (Å²) >= 11 is 1.25. The largest absolute Gasteiger partial charge is 0.481 e. The number of hydrogen-bond acceptors (Lipinski definition) is 4. The van der Waals surface area contributed by atoms with Gasteiger partial charge in [-0.05, 0) is 30.4 Å². The predicted octanol–water partition coefficient (Wildman–Crippen LogP) is 3.35. The molecule has 0 aliphatic rings. The number of carboxylic acid groups (broad SMARTS) is 1. The van der Waals surface area contributed by atoms with Gasteiger partial charge in [0.05, 0.1) is 5.75 Å². The fraction of sp³-hybridized carbons (Fsp3) is 0.533. The fourth-order valence-corrected chi connectivity index (χ4v) is 2.75. The van der Waals surface area contributed by atoms with Gasteiger partial charge in [0.15, 0.2) is 10.8 Å². The minimum atomic E-state index is -0.834. The number of carboxylic acids is 1. The highest BCUT2D eigenvalue weighted by atomic mass is 32.2. The van der Waals surface area contributed by atoms with E-state index < -0.39 is 5.97 Å². The molecule has 6 heteroatoms. The Hall–Kier alpha value is -1.56. The van der Waals surface area contributed by atoms with Gasteiger partial charge < -0.3 is 9.67 Å².